The highest BCUT2D eigenvalue weighted by Gasteiger charge is 2.28. The summed E-state index contributed by atoms with van der Waals surface area (Å²) < 4.78 is 10.6. The van der Waals surface area contributed by atoms with Crippen LogP contribution in [0.15, 0.2) is 22.8 Å². The van der Waals surface area contributed by atoms with Crippen LogP contribution >= 0.6 is 0 Å². The van der Waals surface area contributed by atoms with E-state index in [0.717, 1.165) is 6.42 Å². The van der Waals surface area contributed by atoms with Crippen molar-refractivity contribution in [3.05, 3.63) is 24.2 Å². The summed E-state index contributed by atoms with van der Waals surface area (Å²) in [5.41, 5.74) is 0. The summed E-state index contributed by atoms with van der Waals surface area (Å²) in [7, 11) is 0. The Labute approximate surface area is 110 Å². The number of hydrogen-bond acceptors (Lipinski definition) is 4. The summed E-state index contributed by atoms with van der Waals surface area (Å²) in [6.07, 6.45) is 2.56. The molecule has 1 aliphatic heterocycles. The number of aliphatic carboxylic acids is 1. The highest BCUT2D eigenvalue weighted by molar-refractivity contribution is 5.81. The number of carboxylic acid groups (broad SMARTS) is 1. The van der Waals surface area contributed by atoms with Crippen molar-refractivity contribution >= 4 is 11.9 Å². The van der Waals surface area contributed by atoms with Crippen molar-refractivity contribution in [2.24, 2.45) is 0 Å². The first-order chi connectivity index (χ1) is 9.16. The van der Waals surface area contributed by atoms with Crippen LogP contribution in [0.3, 0.4) is 0 Å². The van der Waals surface area contributed by atoms with Crippen LogP contribution in [0.5, 0.6) is 0 Å². The normalized spacial score (nSPS) is 18.4. The molecule has 1 aromatic rings. The van der Waals surface area contributed by atoms with Gasteiger partial charge in [0.15, 0.2) is 0 Å². The topological polar surface area (TPSA) is 80.0 Å². The predicted octanol–water partition coefficient (Wildman–Crippen LogP) is 1.26. The molecule has 1 aliphatic rings. The SMILES string of the molecule is O=C(O)CCN(Cc1ccco1)C(=O)C1CCCO1. The Bertz CT molecular complexity index is 422. The van der Waals surface area contributed by atoms with E-state index in [0.29, 0.717) is 18.8 Å². The van der Waals surface area contributed by atoms with Crippen LogP contribution in [0.25, 0.3) is 0 Å². The predicted molar refractivity (Wildman–Crippen MR) is 65.4 cm³/mol. The number of rotatable bonds is 6. The number of amides is 1. The van der Waals surface area contributed by atoms with Crippen LogP contribution in [-0.4, -0.2) is 41.1 Å². The van der Waals surface area contributed by atoms with Gasteiger partial charge in [0, 0.05) is 13.2 Å². The highest BCUT2D eigenvalue weighted by atomic mass is 16.5. The average Bonchev–Trinajstić information content (AvgIpc) is 3.06. The molecule has 19 heavy (non-hydrogen) atoms. The minimum atomic E-state index is -0.926. The van der Waals surface area contributed by atoms with Gasteiger partial charge >= 0.3 is 5.97 Å². The first-order valence-electron chi connectivity index (χ1n) is 6.31. The van der Waals surface area contributed by atoms with Gasteiger partial charge in [-0.3, -0.25) is 9.59 Å². The Kier molecular flexibility index (Phi) is 4.57. The van der Waals surface area contributed by atoms with E-state index in [1.807, 2.05) is 0 Å². The Balaban J connectivity index is 1.99. The maximum atomic E-state index is 12.3. The van der Waals surface area contributed by atoms with Crippen molar-refractivity contribution in [3.8, 4) is 0 Å². The van der Waals surface area contributed by atoms with Gasteiger partial charge in [0.25, 0.3) is 5.91 Å². The Morgan fingerprint density at radius 1 is 1.47 bits per heavy atom. The number of carbonyl (C=O) groups excluding carboxylic acids is 1. The molecule has 0 radical (unpaired) electrons. The first-order valence-corrected chi connectivity index (χ1v) is 6.31. The lowest BCUT2D eigenvalue weighted by atomic mass is 10.2. The molecule has 0 aliphatic carbocycles. The standard InChI is InChI=1S/C13H17NO5/c15-12(16)5-6-14(9-10-3-1-7-18-10)13(17)11-4-2-8-19-11/h1,3,7,11H,2,4-6,8-9H2,(H,15,16). The van der Waals surface area contributed by atoms with E-state index in [9.17, 15) is 9.59 Å². The van der Waals surface area contributed by atoms with Crippen LogP contribution in [-0.2, 0) is 20.9 Å². The van der Waals surface area contributed by atoms with Crippen LogP contribution < -0.4 is 0 Å². The number of nitrogens with zero attached hydrogens (tertiary/aromatic N) is 1. The van der Waals surface area contributed by atoms with E-state index >= 15 is 0 Å². The molecule has 0 spiro atoms. The third-order valence-corrected chi connectivity index (χ3v) is 3.04. The Hall–Kier alpha value is -1.82. The lowest BCUT2D eigenvalue weighted by Gasteiger charge is -2.23. The zero-order valence-corrected chi connectivity index (χ0v) is 10.6. The van der Waals surface area contributed by atoms with Gasteiger partial charge in [0.2, 0.25) is 0 Å². The summed E-state index contributed by atoms with van der Waals surface area (Å²) in [5, 5.41) is 8.74. The molecular formula is C13H17NO5. The third kappa shape index (κ3) is 3.82. The minimum absolute atomic E-state index is 0.0842. The van der Waals surface area contributed by atoms with E-state index < -0.39 is 12.1 Å². The van der Waals surface area contributed by atoms with E-state index in [4.69, 9.17) is 14.3 Å². The lowest BCUT2D eigenvalue weighted by molar-refractivity contribution is -0.143. The van der Waals surface area contributed by atoms with Crippen molar-refractivity contribution in [2.45, 2.75) is 31.9 Å². The molecule has 1 unspecified atom stereocenters. The molecule has 0 bridgehead atoms. The zero-order chi connectivity index (χ0) is 13.7. The average molecular weight is 267 g/mol. The molecular weight excluding hydrogens is 250 g/mol. The lowest BCUT2D eigenvalue weighted by Crippen LogP contribution is -2.39. The van der Waals surface area contributed by atoms with Crippen LogP contribution in [0.4, 0.5) is 0 Å². The smallest absolute Gasteiger partial charge is 0.305 e. The molecule has 0 saturated carbocycles. The number of carboxylic acids is 1. The van der Waals surface area contributed by atoms with Crippen LogP contribution in [0.2, 0.25) is 0 Å². The Morgan fingerprint density at radius 2 is 2.32 bits per heavy atom. The quantitative estimate of drug-likeness (QED) is 0.839. The summed E-state index contributed by atoms with van der Waals surface area (Å²) in [4.78, 5) is 24.4. The minimum Gasteiger partial charge on any atom is -0.481 e. The van der Waals surface area contributed by atoms with E-state index in [1.165, 1.54) is 11.2 Å². The van der Waals surface area contributed by atoms with Gasteiger partial charge in [-0.15, -0.1) is 0 Å². The molecule has 2 heterocycles. The molecule has 2 rings (SSSR count). The van der Waals surface area contributed by atoms with Gasteiger partial charge in [0.05, 0.1) is 19.2 Å². The van der Waals surface area contributed by atoms with Crippen molar-refractivity contribution in [3.63, 3.8) is 0 Å². The summed E-state index contributed by atoms with van der Waals surface area (Å²) >= 11 is 0. The van der Waals surface area contributed by atoms with Gasteiger partial charge in [-0.1, -0.05) is 0 Å². The molecule has 6 nitrogen and oxygen atoms in total. The summed E-state index contributed by atoms with van der Waals surface area (Å²) in [5.74, 6) is -0.448. The number of hydrogen-bond donors (Lipinski definition) is 1. The molecule has 1 atom stereocenters. The number of carbonyl (C=O) groups is 2. The van der Waals surface area contributed by atoms with Gasteiger partial charge in [0.1, 0.15) is 11.9 Å². The van der Waals surface area contributed by atoms with Crippen molar-refractivity contribution < 1.29 is 23.8 Å². The molecule has 1 fully saturated rings. The molecule has 104 valence electrons. The van der Waals surface area contributed by atoms with Crippen molar-refractivity contribution in [2.75, 3.05) is 13.2 Å². The third-order valence-electron chi connectivity index (χ3n) is 3.04. The highest BCUT2D eigenvalue weighted by Crippen LogP contribution is 2.17. The second-order valence-electron chi connectivity index (χ2n) is 4.48. The van der Waals surface area contributed by atoms with E-state index in [1.54, 1.807) is 12.1 Å². The van der Waals surface area contributed by atoms with Gasteiger partial charge in [-0.2, -0.15) is 0 Å². The second kappa shape index (κ2) is 6.38. The largest absolute Gasteiger partial charge is 0.481 e. The fourth-order valence-electron chi connectivity index (χ4n) is 2.06. The Morgan fingerprint density at radius 3 is 2.89 bits per heavy atom. The maximum absolute atomic E-state index is 12.3. The molecule has 1 N–H and O–H groups in total. The fraction of sp³-hybridized carbons (Fsp3) is 0.538. The van der Waals surface area contributed by atoms with E-state index in [-0.39, 0.29) is 25.4 Å². The van der Waals surface area contributed by atoms with E-state index in [2.05, 4.69) is 0 Å². The molecule has 0 aromatic carbocycles. The number of ether oxygens (including phenoxy) is 1. The fourth-order valence-corrected chi connectivity index (χ4v) is 2.06. The van der Waals surface area contributed by atoms with Gasteiger partial charge < -0.3 is 19.2 Å². The number of furan rings is 1. The van der Waals surface area contributed by atoms with Crippen molar-refractivity contribution in [1.29, 1.82) is 0 Å². The monoisotopic (exact) mass is 267 g/mol. The van der Waals surface area contributed by atoms with Crippen LogP contribution in [0.1, 0.15) is 25.0 Å². The summed E-state index contributed by atoms with van der Waals surface area (Å²) in [6, 6.07) is 3.50. The summed E-state index contributed by atoms with van der Waals surface area (Å²) in [6.45, 7) is 1.03. The first kappa shape index (κ1) is 13.6. The van der Waals surface area contributed by atoms with Crippen LogP contribution in [0, 0.1) is 0 Å². The molecule has 1 saturated heterocycles. The van der Waals surface area contributed by atoms with Gasteiger partial charge in [-0.05, 0) is 25.0 Å². The zero-order valence-electron chi connectivity index (χ0n) is 10.6. The second-order valence-corrected chi connectivity index (χ2v) is 4.48. The van der Waals surface area contributed by atoms with Crippen molar-refractivity contribution in [1.82, 2.24) is 4.90 Å². The molecule has 6 heteroatoms. The maximum Gasteiger partial charge on any atom is 0.305 e. The molecule has 1 amide bonds. The van der Waals surface area contributed by atoms with Gasteiger partial charge in [-0.25, -0.2) is 0 Å². The molecule has 1 aromatic heterocycles.